The van der Waals surface area contributed by atoms with E-state index in [4.69, 9.17) is 9.47 Å². The number of rotatable bonds is 6. The van der Waals surface area contributed by atoms with E-state index < -0.39 is 5.41 Å². The molecule has 0 aliphatic carbocycles. The van der Waals surface area contributed by atoms with E-state index in [0.717, 1.165) is 27.8 Å². The number of carbonyl (C=O) groups is 1. The van der Waals surface area contributed by atoms with Gasteiger partial charge in [-0.05, 0) is 67.6 Å². The lowest BCUT2D eigenvalue weighted by atomic mass is 9.73. The highest BCUT2D eigenvalue weighted by Gasteiger charge is 2.42. The van der Waals surface area contributed by atoms with Crippen molar-refractivity contribution >= 4 is 16.8 Å². The SMILES string of the molecule is COc1ccc2c(c1)c(CC(C)NC(=O)C1(c3cccc(F)c3)CCOCC1)cn2C. The molecule has 1 N–H and O–H groups in total. The molecule has 6 heteroatoms. The van der Waals surface area contributed by atoms with E-state index in [1.54, 1.807) is 13.2 Å². The molecule has 2 aromatic carbocycles. The summed E-state index contributed by atoms with van der Waals surface area (Å²) in [7, 11) is 3.68. The number of benzene rings is 2. The topological polar surface area (TPSA) is 52.5 Å². The van der Waals surface area contributed by atoms with Crippen LogP contribution in [0.3, 0.4) is 0 Å². The molecule has 1 fully saturated rings. The largest absolute Gasteiger partial charge is 0.497 e. The van der Waals surface area contributed by atoms with Gasteiger partial charge in [0.25, 0.3) is 0 Å². The number of aromatic nitrogens is 1. The predicted molar refractivity (Wildman–Crippen MR) is 119 cm³/mol. The smallest absolute Gasteiger partial charge is 0.231 e. The van der Waals surface area contributed by atoms with E-state index in [9.17, 15) is 9.18 Å². The Hall–Kier alpha value is -2.86. The molecule has 3 aromatic rings. The molecule has 1 aliphatic rings. The van der Waals surface area contributed by atoms with Crippen LogP contribution in [-0.4, -0.2) is 36.8 Å². The molecule has 2 heterocycles. The van der Waals surface area contributed by atoms with E-state index in [0.29, 0.717) is 32.5 Å². The molecular weight excluding hydrogens is 395 g/mol. The maximum Gasteiger partial charge on any atom is 0.231 e. The summed E-state index contributed by atoms with van der Waals surface area (Å²) in [5.74, 6) is 0.421. The van der Waals surface area contributed by atoms with Crippen LogP contribution in [-0.2, 0) is 28.4 Å². The fourth-order valence-electron chi connectivity index (χ4n) is 4.64. The van der Waals surface area contributed by atoms with Crippen LogP contribution < -0.4 is 10.1 Å². The molecule has 164 valence electrons. The number of halogens is 1. The number of nitrogens with one attached hydrogen (secondary N) is 1. The zero-order valence-electron chi connectivity index (χ0n) is 18.3. The van der Waals surface area contributed by atoms with Crippen molar-refractivity contribution in [1.82, 2.24) is 9.88 Å². The van der Waals surface area contributed by atoms with Gasteiger partial charge < -0.3 is 19.4 Å². The molecule has 5 nitrogen and oxygen atoms in total. The normalized spacial score (nSPS) is 16.8. The van der Waals surface area contributed by atoms with Crippen LogP contribution in [0.2, 0.25) is 0 Å². The maximum absolute atomic E-state index is 13.9. The van der Waals surface area contributed by atoms with Gasteiger partial charge in [0.15, 0.2) is 0 Å². The highest BCUT2D eigenvalue weighted by Crippen LogP contribution is 2.36. The van der Waals surface area contributed by atoms with Crippen LogP contribution >= 0.6 is 0 Å². The number of carbonyl (C=O) groups excluding carboxylic acids is 1. The van der Waals surface area contributed by atoms with Gasteiger partial charge in [-0.15, -0.1) is 0 Å². The van der Waals surface area contributed by atoms with Crippen molar-refractivity contribution in [3.05, 3.63) is 65.6 Å². The first kappa shape index (κ1) is 21.4. The third-order valence-corrected chi connectivity index (χ3v) is 6.34. The molecule has 1 saturated heterocycles. The predicted octanol–water partition coefficient (Wildman–Crippen LogP) is 4.12. The van der Waals surface area contributed by atoms with E-state index >= 15 is 0 Å². The van der Waals surface area contributed by atoms with Crippen LogP contribution in [0.1, 0.15) is 30.9 Å². The second-order valence-corrected chi connectivity index (χ2v) is 8.43. The first-order valence-electron chi connectivity index (χ1n) is 10.7. The third kappa shape index (κ3) is 4.17. The average Bonchev–Trinajstić information content (AvgIpc) is 3.08. The third-order valence-electron chi connectivity index (χ3n) is 6.34. The lowest BCUT2D eigenvalue weighted by Crippen LogP contribution is -2.50. The average molecular weight is 425 g/mol. The van der Waals surface area contributed by atoms with Gasteiger partial charge in [-0.3, -0.25) is 4.79 Å². The summed E-state index contributed by atoms with van der Waals surface area (Å²) in [6.45, 7) is 2.98. The van der Waals surface area contributed by atoms with Crippen LogP contribution in [0.15, 0.2) is 48.7 Å². The number of hydrogen-bond acceptors (Lipinski definition) is 3. The molecule has 31 heavy (non-hydrogen) atoms. The Labute approximate surface area is 182 Å². The second kappa shape index (κ2) is 8.71. The minimum atomic E-state index is -0.767. The van der Waals surface area contributed by atoms with Gasteiger partial charge in [0.1, 0.15) is 11.6 Å². The fourth-order valence-corrected chi connectivity index (χ4v) is 4.64. The summed E-state index contributed by atoms with van der Waals surface area (Å²) in [4.78, 5) is 13.5. The number of nitrogens with zero attached hydrogens (tertiary/aromatic N) is 1. The standard InChI is InChI=1S/C25H29FN2O3/c1-17(13-18-16-28(2)23-8-7-21(30-3)15-22(18)23)27-24(29)25(9-11-31-12-10-25)19-5-4-6-20(26)14-19/h4-8,14-17H,9-13H2,1-3H3,(H,27,29). The monoisotopic (exact) mass is 424 g/mol. The van der Waals surface area contributed by atoms with Crippen molar-refractivity contribution < 1.29 is 18.7 Å². The zero-order chi connectivity index (χ0) is 22.0. The molecule has 1 amide bonds. The highest BCUT2D eigenvalue weighted by atomic mass is 19.1. The summed E-state index contributed by atoms with van der Waals surface area (Å²) in [5.41, 5.74) is 2.22. The number of hydrogen-bond donors (Lipinski definition) is 1. The molecule has 0 spiro atoms. The Morgan fingerprint density at radius 3 is 2.74 bits per heavy atom. The van der Waals surface area contributed by atoms with Crippen molar-refractivity contribution in [2.75, 3.05) is 20.3 Å². The van der Waals surface area contributed by atoms with Gasteiger partial charge in [0.05, 0.1) is 12.5 Å². The Balaban J connectivity index is 1.57. The fraction of sp³-hybridized carbons (Fsp3) is 0.400. The van der Waals surface area contributed by atoms with Crippen molar-refractivity contribution in [2.45, 2.75) is 37.6 Å². The second-order valence-electron chi connectivity index (χ2n) is 8.43. The van der Waals surface area contributed by atoms with Crippen molar-refractivity contribution in [3.8, 4) is 5.75 Å². The van der Waals surface area contributed by atoms with Gasteiger partial charge in [-0.2, -0.15) is 0 Å². The van der Waals surface area contributed by atoms with Crippen molar-refractivity contribution in [2.24, 2.45) is 7.05 Å². The molecule has 0 saturated carbocycles. The first-order valence-corrected chi connectivity index (χ1v) is 10.7. The van der Waals surface area contributed by atoms with E-state index in [2.05, 4.69) is 16.1 Å². The summed E-state index contributed by atoms with van der Waals surface area (Å²) in [5, 5.41) is 4.32. The maximum atomic E-state index is 13.9. The van der Waals surface area contributed by atoms with Crippen LogP contribution in [0, 0.1) is 5.82 Å². The van der Waals surface area contributed by atoms with E-state index in [1.807, 2.05) is 38.2 Å². The minimum Gasteiger partial charge on any atom is -0.497 e. The number of ether oxygens (including phenoxy) is 2. The quantitative estimate of drug-likeness (QED) is 0.648. The van der Waals surface area contributed by atoms with E-state index in [-0.39, 0.29) is 17.8 Å². The lowest BCUT2D eigenvalue weighted by Gasteiger charge is -2.37. The molecule has 0 radical (unpaired) electrons. The van der Waals surface area contributed by atoms with Gasteiger partial charge in [-0.25, -0.2) is 4.39 Å². The number of amides is 1. The molecule has 1 aliphatic heterocycles. The Morgan fingerprint density at radius 2 is 2.03 bits per heavy atom. The molecule has 1 unspecified atom stereocenters. The van der Waals surface area contributed by atoms with Gasteiger partial charge in [0, 0.05) is 43.4 Å². The van der Waals surface area contributed by atoms with Crippen molar-refractivity contribution in [3.63, 3.8) is 0 Å². The number of methoxy groups -OCH3 is 1. The molecule has 1 atom stereocenters. The highest BCUT2D eigenvalue weighted by molar-refractivity contribution is 5.89. The zero-order valence-corrected chi connectivity index (χ0v) is 18.3. The summed E-state index contributed by atoms with van der Waals surface area (Å²) in [6.07, 6.45) is 3.87. The van der Waals surface area contributed by atoms with E-state index in [1.165, 1.54) is 12.1 Å². The number of aryl methyl sites for hydroxylation is 1. The van der Waals surface area contributed by atoms with Gasteiger partial charge >= 0.3 is 0 Å². The summed E-state index contributed by atoms with van der Waals surface area (Å²) < 4.78 is 26.9. The summed E-state index contributed by atoms with van der Waals surface area (Å²) >= 11 is 0. The van der Waals surface area contributed by atoms with Crippen LogP contribution in [0.4, 0.5) is 4.39 Å². The first-order chi connectivity index (χ1) is 14.9. The van der Waals surface area contributed by atoms with Crippen LogP contribution in [0.5, 0.6) is 5.75 Å². The molecule has 0 bridgehead atoms. The Kier molecular flexibility index (Phi) is 6.01. The Bertz CT molecular complexity index is 1090. The van der Waals surface area contributed by atoms with Crippen molar-refractivity contribution in [1.29, 1.82) is 0 Å². The number of fused-ring (bicyclic) bond motifs is 1. The summed E-state index contributed by atoms with van der Waals surface area (Å²) in [6, 6.07) is 12.3. The molecule has 4 rings (SSSR count). The van der Waals surface area contributed by atoms with Gasteiger partial charge in [-0.1, -0.05) is 12.1 Å². The minimum absolute atomic E-state index is 0.0632. The Morgan fingerprint density at radius 1 is 1.26 bits per heavy atom. The van der Waals surface area contributed by atoms with Crippen LogP contribution in [0.25, 0.3) is 10.9 Å². The van der Waals surface area contributed by atoms with Gasteiger partial charge in [0.2, 0.25) is 5.91 Å². The lowest BCUT2D eigenvalue weighted by molar-refractivity contribution is -0.131. The molecule has 1 aromatic heterocycles. The molecular formula is C25H29FN2O3.